The molecule has 0 radical (unpaired) electrons. The van der Waals surface area contributed by atoms with Crippen LogP contribution in [0.15, 0.2) is 6.20 Å². The highest BCUT2D eigenvalue weighted by Crippen LogP contribution is 2.31. The standard InChI is InChI=1S/C13H21N5O/c1-17-12(11(14)7-16-17)13(19)15-6-9-4-5-18(8-9)10-2-3-10/h7,9-10H,2-6,8,14H2,1H3,(H,15,19). The minimum Gasteiger partial charge on any atom is -0.396 e. The number of aryl methyl sites for hydroxylation is 1. The Hall–Kier alpha value is -1.56. The number of anilines is 1. The SMILES string of the molecule is Cn1ncc(N)c1C(=O)NCC1CCN(C2CC2)C1. The maximum Gasteiger partial charge on any atom is 0.271 e. The van der Waals surface area contributed by atoms with Crippen molar-refractivity contribution < 1.29 is 4.79 Å². The van der Waals surface area contributed by atoms with Crippen molar-refractivity contribution in [2.75, 3.05) is 25.4 Å². The third-order valence-electron chi connectivity index (χ3n) is 4.11. The van der Waals surface area contributed by atoms with Gasteiger partial charge in [0.1, 0.15) is 5.69 Å². The molecule has 1 aromatic heterocycles. The summed E-state index contributed by atoms with van der Waals surface area (Å²) in [5.41, 5.74) is 6.64. The van der Waals surface area contributed by atoms with Crippen LogP contribution in [0.3, 0.4) is 0 Å². The van der Waals surface area contributed by atoms with Crippen molar-refractivity contribution in [1.29, 1.82) is 0 Å². The van der Waals surface area contributed by atoms with Crippen LogP contribution in [0.5, 0.6) is 0 Å². The van der Waals surface area contributed by atoms with Crippen LogP contribution in [0.4, 0.5) is 5.69 Å². The Kier molecular flexibility index (Phi) is 3.18. The predicted molar refractivity (Wildman–Crippen MR) is 72.7 cm³/mol. The van der Waals surface area contributed by atoms with Gasteiger partial charge in [-0.25, -0.2) is 0 Å². The average Bonchev–Trinajstić information content (AvgIpc) is 3.04. The first-order valence-electron chi connectivity index (χ1n) is 6.95. The fourth-order valence-electron chi connectivity index (χ4n) is 2.85. The lowest BCUT2D eigenvalue weighted by Crippen LogP contribution is -2.32. The highest BCUT2D eigenvalue weighted by atomic mass is 16.2. The molecule has 6 heteroatoms. The molecule has 1 aromatic rings. The number of hydrogen-bond donors (Lipinski definition) is 2. The van der Waals surface area contributed by atoms with E-state index in [1.165, 1.54) is 36.7 Å². The Morgan fingerprint density at radius 3 is 2.95 bits per heavy atom. The Morgan fingerprint density at radius 1 is 1.53 bits per heavy atom. The summed E-state index contributed by atoms with van der Waals surface area (Å²) in [7, 11) is 1.73. The second kappa shape index (κ2) is 4.85. The summed E-state index contributed by atoms with van der Waals surface area (Å²) < 4.78 is 1.52. The Bertz CT molecular complexity index is 460. The molecule has 1 aliphatic heterocycles. The Balaban J connectivity index is 1.51. The third kappa shape index (κ3) is 2.58. The summed E-state index contributed by atoms with van der Waals surface area (Å²) in [4.78, 5) is 14.6. The molecule has 2 aliphatic rings. The highest BCUT2D eigenvalue weighted by molar-refractivity contribution is 5.97. The fourth-order valence-corrected chi connectivity index (χ4v) is 2.85. The summed E-state index contributed by atoms with van der Waals surface area (Å²) in [6.07, 6.45) is 5.40. The lowest BCUT2D eigenvalue weighted by molar-refractivity contribution is 0.0939. The number of nitrogens with zero attached hydrogens (tertiary/aromatic N) is 3. The van der Waals surface area contributed by atoms with Crippen molar-refractivity contribution in [2.45, 2.75) is 25.3 Å². The number of rotatable bonds is 4. The number of aromatic nitrogens is 2. The number of likely N-dealkylation sites (tertiary alicyclic amines) is 1. The maximum atomic E-state index is 12.1. The molecule has 19 heavy (non-hydrogen) atoms. The quantitative estimate of drug-likeness (QED) is 0.814. The molecular formula is C13H21N5O. The largest absolute Gasteiger partial charge is 0.396 e. The number of nitrogens with one attached hydrogen (secondary N) is 1. The average molecular weight is 263 g/mol. The zero-order valence-electron chi connectivity index (χ0n) is 11.3. The van der Waals surface area contributed by atoms with Gasteiger partial charge >= 0.3 is 0 Å². The van der Waals surface area contributed by atoms with Gasteiger partial charge in [-0.1, -0.05) is 0 Å². The smallest absolute Gasteiger partial charge is 0.271 e. The molecule has 0 bridgehead atoms. The van der Waals surface area contributed by atoms with Crippen molar-refractivity contribution in [2.24, 2.45) is 13.0 Å². The molecule has 104 valence electrons. The first kappa shape index (κ1) is 12.5. The van der Waals surface area contributed by atoms with Crippen molar-refractivity contribution in [3.8, 4) is 0 Å². The van der Waals surface area contributed by atoms with E-state index >= 15 is 0 Å². The molecule has 2 heterocycles. The number of nitrogen functional groups attached to an aromatic ring is 1. The molecule has 3 rings (SSSR count). The molecule has 1 amide bonds. The number of nitrogens with two attached hydrogens (primary N) is 1. The highest BCUT2D eigenvalue weighted by Gasteiger charge is 2.34. The first-order chi connectivity index (χ1) is 9.15. The third-order valence-corrected chi connectivity index (χ3v) is 4.11. The van der Waals surface area contributed by atoms with Crippen molar-refractivity contribution in [3.63, 3.8) is 0 Å². The van der Waals surface area contributed by atoms with E-state index in [1.807, 2.05) is 0 Å². The van der Waals surface area contributed by atoms with Gasteiger partial charge < -0.3 is 16.0 Å². The minimum atomic E-state index is -0.123. The Morgan fingerprint density at radius 2 is 2.32 bits per heavy atom. The summed E-state index contributed by atoms with van der Waals surface area (Å²) >= 11 is 0. The second-order valence-corrected chi connectivity index (χ2v) is 5.66. The van der Waals surface area contributed by atoms with E-state index in [0.717, 1.165) is 19.1 Å². The van der Waals surface area contributed by atoms with Crippen LogP contribution >= 0.6 is 0 Å². The van der Waals surface area contributed by atoms with Gasteiger partial charge in [-0.15, -0.1) is 0 Å². The van der Waals surface area contributed by atoms with E-state index in [2.05, 4.69) is 15.3 Å². The molecular weight excluding hydrogens is 242 g/mol. The van der Waals surface area contributed by atoms with E-state index in [9.17, 15) is 4.79 Å². The van der Waals surface area contributed by atoms with E-state index in [1.54, 1.807) is 7.05 Å². The normalized spacial score (nSPS) is 23.7. The molecule has 0 spiro atoms. The summed E-state index contributed by atoms with van der Waals surface area (Å²) in [6.45, 7) is 3.03. The molecule has 1 aliphatic carbocycles. The molecule has 2 fully saturated rings. The van der Waals surface area contributed by atoms with Crippen LogP contribution < -0.4 is 11.1 Å². The van der Waals surface area contributed by atoms with Crippen LogP contribution in [0.2, 0.25) is 0 Å². The van der Waals surface area contributed by atoms with Crippen LogP contribution in [0.1, 0.15) is 29.8 Å². The molecule has 0 aromatic carbocycles. The minimum absolute atomic E-state index is 0.123. The van der Waals surface area contributed by atoms with E-state index in [0.29, 0.717) is 17.3 Å². The maximum absolute atomic E-state index is 12.1. The second-order valence-electron chi connectivity index (χ2n) is 5.66. The Labute approximate surface area is 112 Å². The summed E-state index contributed by atoms with van der Waals surface area (Å²) in [5, 5.41) is 6.97. The van der Waals surface area contributed by atoms with Gasteiger partial charge in [0.05, 0.1) is 11.9 Å². The van der Waals surface area contributed by atoms with E-state index < -0.39 is 0 Å². The van der Waals surface area contributed by atoms with Crippen LogP contribution in [0, 0.1) is 5.92 Å². The van der Waals surface area contributed by atoms with Gasteiger partial charge in [-0.2, -0.15) is 5.10 Å². The zero-order valence-corrected chi connectivity index (χ0v) is 11.3. The zero-order chi connectivity index (χ0) is 13.4. The molecule has 6 nitrogen and oxygen atoms in total. The molecule has 3 N–H and O–H groups in total. The van der Waals surface area contributed by atoms with Crippen LogP contribution in [-0.2, 0) is 7.05 Å². The number of carbonyl (C=O) groups is 1. The van der Waals surface area contributed by atoms with Gasteiger partial charge in [-0.05, 0) is 31.7 Å². The van der Waals surface area contributed by atoms with Gasteiger partial charge in [0.25, 0.3) is 5.91 Å². The van der Waals surface area contributed by atoms with E-state index in [4.69, 9.17) is 5.73 Å². The lowest BCUT2D eigenvalue weighted by atomic mass is 10.1. The molecule has 1 unspecified atom stereocenters. The van der Waals surface area contributed by atoms with Gasteiger partial charge in [0, 0.05) is 26.2 Å². The van der Waals surface area contributed by atoms with Crippen LogP contribution in [0.25, 0.3) is 0 Å². The van der Waals surface area contributed by atoms with Crippen molar-refractivity contribution in [1.82, 2.24) is 20.0 Å². The van der Waals surface area contributed by atoms with Crippen molar-refractivity contribution >= 4 is 11.6 Å². The first-order valence-corrected chi connectivity index (χ1v) is 6.95. The number of amides is 1. The monoisotopic (exact) mass is 263 g/mol. The van der Waals surface area contributed by atoms with Gasteiger partial charge in [0.2, 0.25) is 0 Å². The van der Waals surface area contributed by atoms with Gasteiger partial charge in [-0.3, -0.25) is 9.48 Å². The lowest BCUT2D eigenvalue weighted by Gasteiger charge is -2.15. The molecule has 1 saturated carbocycles. The van der Waals surface area contributed by atoms with Crippen molar-refractivity contribution in [3.05, 3.63) is 11.9 Å². The summed E-state index contributed by atoms with van der Waals surface area (Å²) in [5.74, 6) is 0.446. The predicted octanol–water partition coefficient (Wildman–Crippen LogP) is 0.216. The molecule has 1 atom stereocenters. The van der Waals surface area contributed by atoms with Crippen LogP contribution in [-0.4, -0.2) is 46.3 Å². The fraction of sp³-hybridized carbons (Fsp3) is 0.692. The number of carbonyl (C=O) groups excluding carboxylic acids is 1. The molecule has 1 saturated heterocycles. The van der Waals surface area contributed by atoms with Gasteiger partial charge in [0.15, 0.2) is 0 Å². The topological polar surface area (TPSA) is 76.2 Å². The number of hydrogen-bond acceptors (Lipinski definition) is 4. The van der Waals surface area contributed by atoms with E-state index in [-0.39, 0.29) is 5.91 Å². The summed E-state index contributed by atoms with van der Waals surface area (Å²) in [6, 6.07) is 0.827.